The average Bonchev–Trinajstić information content (AvgIpc) is 2.56. The molecule has 1 unspecified atom stereocenters. The SMILES string of the molecule is CC(NC(=O)CCSc1ccccc1)c1ccc(C#N)cc1. The number of carbonyl (C=O) groups excluding carboxylic acids is 1. The molecule has 0 saturated heterocycles. The van der Waals surface area contributed by atoms with Gasteiger partial charge in [0.25, 0.3) is 0 Å². The molecule has 0 aliphatic rings. The number of amides is 1. The van der Waals surface area contributed by atoms with E-state index in [1.54, 1.807) is 23.9 Å². The second-order valence-corrected chi connectivity index (χ2v) is 6.10. The van der Waals surface area contributed by atoms with Crippen molar-refractivity contribution in [3.8, 4) is 6.07 Å². The second kappa shape index (κ2) is 8.26. The topological polar surface area (TPSA) is 52.9 Å². The highest BCUT2D eigenvalue weighted by Gasteiger charge is 2.09. The highest BCUT2D eigenvalue weighted by atomic mass is 32.2. The molecule has 0 saturated carbocycles. The van der Waals surface area contributed by atoms with Gasteiger partial charge >= 0.3 is 0 Å². The molecule has 0 aliphatic carbocycles. The first kappa shape index (κ1) is 16.1. The first-order valence-corrected chi connectivity index (χ1v) is 8.15. The van der Waals surface area contributed by atoms with E-state index in [2.05, 4.69) is 11.4 Å². The number of nitriles is 1. The Morgan fingerprint density at radius 3 is 2.50 bits per heavy atom. The fourth-order valence-corrected chi connectivity index (χ4v) is 2.89. The van der Waals surface area contributed by atoms with Gasteiger partial charge < -0.3 is 5.32 Å². The molecule has 0 heterocycles. The molecule has 2 rings (SSSR count). The van der Waals surface area contributed by atoms with Crippen molar-refractivity contribution in [2.45, 2.75) is 24.3 Å². The van der Waals surface area contributed by atoms with Crippen molar-refractivity contribution in [1.29, 1.82) is 5.26 Å². The summed E-state index contributed by atoms with van der Waals surface area (Å²) in [6, 6.07) is 19.4. The van der Waals surface area contributed by atoms with Crippen molar-refractivity contribution in [3.63, 3.8) is 0 Å². The number of hydrogen-bond acceptors (Lipinski definition) is 3. The van der Waals surface area contributed by atoms with E-state index in [0.717, 1.165) is 11.3 Å². The number of carbonyl (C=O) groups is 1. The van der Waals surface area contributed by atoms with Crippen LogP contribution in [0.4, 0.5) is 0 Å². The first-order valence-electron chi connectivity index (χ1n) is 7.16. The van der Waals surface area contributed by atoms with Crippen molar-refractivity contribution in [2.75, 3.05) is 5.75 Å². The lowest BCUT2D eigenvalue weighted by Gasteiger charge is -2.14. The summed E-state index contributed by atoms with van der Waals surface area (Å²) in [6.07, 6.45) is 0.486. The molecule has 22 heavy (non-hydrogen) atoms. The minimum Gasteiger partial charge on any atom is -0.350 e. The summed E-state index contributed by atoms with van der Waals surface area (Å²) < 4.78 is 0. The smallest absolute Gasteiger partial charge is 0.221 e. The summed E-state index contributed by atoms with van der Waals surface area (Å²) in [5, 5.41) is 11.8. The molecule has 3 nitrogen and oxygen atoms in total. The number of hydrogen-bond donors (Lipinski definition) is 1. The maximum atomic E-state index is 12.0. The van der Waals surface area contributed by atoms with Gasteiger partial charge in [0.1, 0.15) is 0 Å². The molecular formula is C18H18N2OS. The van der Waals surface area contributed by atoms with Gasteiger partial charge in [-0.2, -0.15) is 5.26 Å². The molecule has 1 N–H and O–H groups in total. The predicted octanol–water partition coefficient (Wildman–Crippen LogP) is 3.92. The van der Waals surface area contributed by atoms with Gasteiger partial charge in [-0.15, -0.1) is 11.8 Å². The van der Waals surface area contributed by atoms with E-state index >= 15 is 0 Å². The van der Waals surface area contributed by atoms with E-state index in [4.69, 9.17) is 5.26 Å². The van der Waals surface area contributed by atoms with E-state index in [1.807, 2.05) is 49.4 Å². The van der Waals surface area contributed by atoms with Gasteiger partial charge in [0.15, 0.2) is 0 Å². The predicted molar refractivity (Wildman–Crippen MR) is 89.5 cm³/mol. The van der Waals surface area contributed by atoms with Gasteiger partial charge in [-0.1, -0.05) is 30.3 Å². The number of nitrogens with one attached hydrogen (secondary N) is 1. The molecule has 0 spiro atoms. The Morgan fingerprint density at radius 1 is 1.18 bits per heavy atom. The fraction of sp³-hybridized carbons (Fsp3) is 0.222. The standard InChI is InChI=1S/C18H18N2OS/c1-14(16-9-7-15(13-19)8-10-16)20-18(21)11-12-22-17-5-3-2-4-6-17/h2-10,14H,11-12H2,1H3,(H,20,21). The monoisotopic (exact) mass is 310 g/mol. The molecule has 1 amide bonds. The van der Waals surface area contributed by atoms with Crippen LogP contribution in [0.5, 0.6) is 0 Å². The van der Waals surface area contributed by atoms with Gasteiger partial charge in [-0.05, 0) is 36.8 Å². The van der Waals surface area contributed by atoms with Crippen LogP contribution in [0.25, 0.3) is 0 Å². The maximum absolute atomic E-state index is 12.0. The lowest BCUT2D eigenvalue weighted by molar-refractivity contribution is -0.121. The van der Waals surface area contributed by atoms with Gasteiger partial charge in [-0.25, -0.2) is 0 Å². The van der Waals surface area contributed by atoms with Crippen LogP contribution >= 0.6 is 11.8 Å². The highest BCUT2D eigenvalue weighted by Crippen LogP contribution is 2.18. The third-order valence-corrected chi connectivity index (χ3v) is 4.27. The third-order valence-electron chi connectivity index (χ3n) is 3.26. The molecule has 0 fully saturated rings. The Bertz CT molecular complexity index is 647. The number of benzene rings is 2. The van der Waals surface area contributed by atoms with Crippen LogP contribution in [0, 0.1) is 11.3 Å². The van der Waals surface area contributed by atoms with Crippen LogP contribution in [-0.4, -0.2) is 11.7 Å². The van der Waals surface area contributed by atoms with Crippen molar-refractivity contribution >= 4 is 17.7 Å². The summed E-state index contributed by atoms with van der Waals surface area (Å²) in [5.41, 5.74) is 1.63. The highest BCUT2D eigenvalue weighted by molar-refractivity contribution is 7.99. The Hall–Kier alpha value is -2.25. The number of thioether (sulfide) groups is 1. The normalized spacial score (nSPS) is 11.5. The Morgan fingerprint density at radius 2 is 1.86 bits per heavy atom. The van der Waals surface area contributed by atoms with Crippen molar-refractivity contribution in [1.82, 2.24) is 5.32 Å². The summed E-state index contributed by atoms with van der Waals surface area (Å²) in [6.45, 7) is 1.95. The van der Waals surface area contributed by atoms with Gasteiger partial charge in [0.2, 0.25) is 5.91 Å². The molecule has 1 atom stereocenters. The average molecular weight is 310 g/mol. The van der Waals surface area contributed by atoms with Gasteiger partial charge in [0.05, 0.1) is 17.7 Å². The second-order valence-electron chi connectivity index (χ2n) is 4.93. The molecule has 0 aliphatic heterocycles. The Labute approximate surface area is 135 Å². The number of nitrogens with zero attached hydrogens (tertiary/aromatic N) is 1. The van der Waals surface area contributed by atoms with E-state index < -0.39 is 0 Å². The zero-order valence-electron chi connectivity index (χ0n) is 12.5. The largest absolute Gasteiger partial charge is 0.350 e. The minimum absolute atomic E-state index is 0.0419. The lowest BCUT2D eigenvalue weighted by atomic mass is 10.1. The van der Waals surface area contributed by atoms with Gasteiger partial charge in [-0.3, -0.25) is 4.79 Å². The Kier molecular flexibility index (Phi) is 6.05. The summed E-state index contributed by atoms with van der Waals surface area (Å²) in [4.78, 5) is 13.1. The van der Waals surface area contributed by atoms with Crippen molar-refractivity contribution in [3.05, 3.63) is 65.7 Å². The summed E-state index contributed by atoms with van der Waals surface area (Å²) in [7, 11) is 0. The lowest BCUT2D eigenvalue weighted by Crippen LogP contribution is -2.26. The van der Waals surface area contributed by atoms with E-state index in [0.29, 0.717) is 12.0 Å². The van der Waals surface area contributed by atoms with Crippen molar-refractivity contribution in [2.24, 2.45) is 0 Å². The van der Waals surface area contributed by atoms with Crippen LogP contribution in [0.1, 0.15) is 30.5 Å². The zero-order chi connectivity index (χ0) is 15.8. The minimum atomic E-state index is -0.0537. The molecule has 0 aromatic heterocycles. The summed E-state index contributed by atoms with van der Waals surface area (Å²) >= 11 is 1.68. The zero-order valence-corrected chi connectivity index (χ0v) is 13.3. The third kappa shape index (κ3) is 4.94. The van der Waals surface area contributed by atoms with Crippen LogP contribution in [0.2, 0.25) is 0 Å². The van der Waals surface area contributed by atoms with Crippen LogP contribution in [0.3, 0.4) is 0 Å². The van der Waals surface area contributed by atoms with Crippen LogP contribution in [0.15, 0.2) is 59.5 Å². The van der Waals surface area contributed by atoms with E-state index in [9.17, 15) is 4.79 Å². The molecule has 0 radical (unpaired) electrons. The first-order chi connectivity index (χ1) is 10.7. The maximum Gasteiger partial charge on any atom is 0.221 e. The molecule has 2 aromatic carbocycles. The van der Waals surface area contributed by atoms with Crippen LogP contribution < -0.4 is 5.32 Å². The quantitative estimate of drug-likeness (QED) is 0.823. The van der Waals surface area contributed by atoms with E-state index in [-0.39, 0.29) is 11.9 Å². The van der Waals surface area contributed by atoms with Crippen LogP contribution in [-0.2, 0) is 4.79 Å². The molecule has 2 aromatic rings. The van der Waals surface area contributed by atoms with Gasteiger partial charge in [0, 0.05) is 17.1 Å². The molecule has 0 bridgehead atoms. The van der Waals surface area contributed by atoms with Crippen molar-refractivity contribution < 1.29 is 4.79 Å². The van der Waals surface area contributed by atoms with E-state index in [1.165, 1.54) is 4.90 Å². The Balaban J connectivity index is 1.77. The molecular weight excluding hydrogens is 292 g/mol. The summed E-state index contributed by atoms with van der Waals surface area (Å²) in [5.74, 6) is 0.802. The molecule has 112 valence electrons. The molecule has 4 heteroatoms. The number of rotatable bonds is 6. The fourth-order valence-electron chi connectivity index (χ4n) is 2.02.